The van der Waals surface area contributed by atoms with Gasteiger partial charge in [-0.3, -0.25) is 14.4 Å². The molecule has 1 saturated heterocycles. The molecule has 0 saturated carbocycles. The topological polar surface area (TPSA) is 80.1 Å². The number of ether oxygens (including phenoxy) is 1. The van der Waals surface area contributed by atoms with Gasteiger partial charge in [-0.2, -0.15) is 0 Å². The first-order valence-electron chi connectivity index (χ1n) is 9.75. The first kappa shape index (κ1) is 21.0. The van der Waals surface area contributed by atoms with Crippen molar-refractivity contribution in [1.82, 2.24) is 9.80 Å². The van der Waals surface area contributed by atoms with E-state index in [9.17, 15) is 14.4 Å². The maximum absolute atomic E-state index is 12.7. The number of amides is 2. The van der Waals surface area contributed by atoms with Gasteiger partial charge in [-0.05, 0) is 39.2 Å². The van der Waals surface area contributed by atoms with Crippen LogP contribution in [0.4, 0.5) is 0 Å². The van der Waals surface area contributed by atoms with Gasteiger partial charge in [0.05, 0.1) is 24.4 Å². The highest BCUT2D eigenvalue weighted by Crippen LogP contribution is 2.19. The van der Waals surface area contributed by atoms with Crippen molar-refractivity contribution in [3.05, 3.63) is 23.7 Å². The van der Waals surface area contributed by atoms with Gasteiger partial charge in [0.15, 0.2) is 0 Å². The Labute approximate surface area is 160 Å². The maximum Gasteiger partial charge on any atom is 0.310 e. The Morgan fingerprint density at radius 2 is 2.07 bits per heavy atom. The molecule has 0 spiro atoms. The largest absolute Gasteiger partial charge is 0.469 e. The van der Waals surface area contributed by atoms with Crippen LogP contribution in [0.3, 0.4) is 0 Å². The molecule has 2 amide bonds. The molecular formula is C20H30N2O5. The van der Waals surface area contributed by atoms with Crippen molar-refractivity contribution in [3.63, 3.8) is 0 Å². The lowest BCUT2D eigenvalue weighted by atomic mass is 9.98. The van der Waals surface area contributed by atoms with Crippen molar-refractivity contribution in [2.75, 3.05) is 32.8 Å². The van der Waals surface area contributed by atoms with E-state index in [0.717, 1.165) is 19.3 Å². The number of rotatable bonds is 8. The third kappa shape index (κ3) is 5.58. The van der Waals surface area contributed by atoms with Crippen LogP contribution in [0, 0.1) is 12.8 Å². The molecule has 0 aliphatic carbocycles. The fourth-order valence-electron chi connectivity index (χ4n) is 3.41. The Morgan fingerprint density at radius 1 is 1.30 bits per heavy atom. The van der Waals surface area contributed by atoms with Crippen LogP contribution in [0.5, 0.6) is 0 Å². The standard InChI is InChI=1S/C20H30N2O5/c1-4-10-21(19(24)17-9-13-27-15(17)3)12-8-18(23)22-11-6-7-16(14-22)20(25)26-5-2/h9,13,16H,4-8,10-12,14H2,1-3H3. The second-order valence-electron chi connectivity index (χ2n) is 6.86. The summed E-state index contributed by atoms with van der Waals surface area (Å²) >= 11 is 0. The Hall–Kier alpha value is -2.31. The molecule has 150 valence electrons. The predicted octanol–water partition coefficient (Wildman–Crippen LogP) is 2.63. The summed E-state index contributed by atoms with van der Waals surface area (Å²) in [5.74, 6) is -0.0284. The molecule has 1 unspecified atom stereocenters. The normalized spacial score (nSPS) is 16.9. The maximum atomic E-state index is 12.7. The average Bonchev–Trinajstić information content (AvgIpc) is 3.10. The minimum Gasteiger partial charge on any atom is -0.469 e. The number of likely N-dealkylation sites (tertiary alicyclic amines) is 1. The Morgan fingerprint density at radius 3 is 2.70 bits per heavy atom. The predicted molar refractivity (Wildman–Crippen MR) is 100 cm³/mol. The van der Waals surface area contributed by atoms with Gasteiger partial charge < -0.3 is 19.0 Å². The van der Waals surface area contributed by atoms with Gasteiger partial charge in [0.25, 0.3) is 5.91 Å². The number of aryl methyl sites for hydroxylation is 1. The van der Waals surface area contributed by atoms with Crippen LogP contribution in [-0.2, 0) is 14.3 Å². The zero-order valence-corrected chi connectivity index (χ0v) is 16.5. The van der Waals surface area contributed by atoms with Crippen LogP contribution < -0.4 is 0 Å². The fourth-order valence-corrected chi connectivity index (χ4v) is 3.41. The first-order chi connectivity index (χ1) is 13.0. The van der Waals surface area contributed by atoms with E-state index in [1.165, 1.54) is 6.26 Å². The van der Waals surface area contributed by atoms with Crippen LogP contribution in [0.2, 0.25) is 0 Å². The van der Waals surface area contributed by atoms with Gasteiger partial charge >= 0.3 is 5.97 Å². The highest BCUT2D eigenvalue weighted by molar-refractivity contribution is 5.95. The van der Waals surface area contributed by atoms with Crippen LogP contribution in [0.25, 0.3) is 0 Å². The molecule has 7 nitrogen and oxygen atoms in total. The van der Waals surface area contributed by atoms with Crippen LogP contribution in [0.1, 0.15) is 55.6 Å². The van der Waals surface area contributed by atoms with Gasteiger partial charge in [-0.1, -0.05) is 6.92 Å². The minimum absolute atomic E-state index is 0.0261. The molecule has 1 fully saturated rings. The van der Waals surface area contributed by atoms with Crippen LogP contribution in [-0.4, -0.2) is 60.4 Å². The van der Waals surface area contributed by atoms with Crippen LogP contribution >= 0.6 is 0 Å². The Bertz CT molecular complexity index is 655. The summed E-state index contributed by atoms with van der Waals surface area (Å²) in [6.07, 6.45) is 4.11. The number of carbonyl (C=O) groups is 3. The number of esters is 1. The molecule has 1 aromatic heterocycles. The third-order valence-corrected chi connectivity index (χ3v) is 4.86. The van der Waals surface area contributed by atoms with Crippen LogP contribution in [0.15, 0.2) is 16.7 Å². The molecule has 0 radical (unpaired) electrons. The molecule has 0 bridgehead atoms. The molecule has 1 aliphatic heterocycles. The van der Waals surface area contributed by atoms with E-state index in [1.54, 1.807) is 29.7 Å². The zero-order valence-electron chi connectivity index (χ0n) is 16.5. The summed E-state index contributed by atoms with van der Waals surface area (Å²) in [6, 6.07) is 1.66. The highest BCUT2D eigenvalue weighted by Gasteiger charge is 2.29. The van der Waals surface area contributed by atoms with Gasteiger partial charge in [-0.25, -0.2) is 0 Å². The molecule has 2 rings (SSSR count). The summed E-state index contributed by atoms with van der Waals surface area (Å²) in [6.45, 7) is 7.89. The van der Waals surface area contributed by atoms with Gasteiger partial charge in [-0.15, -0.1) is 0 Å². The Kier molecular flexibility index (Phi) is 7.88. The number of nitrogens with zero attached hydrogens (tertiary/aromatic N) is 2. The van der Waals surface area contributed by atoms with Gasteiger partial charge in [0.1, 0.15) is 5.76 Å². The number of hydrogen-bond acceptors (Lipinski definition) is 5. The SMILES string of the molecule is CCCN(CCC(=O)N1CCCC(C(=O)OCC)C1)C(=O)c1ccoc1C. The lowest BCUT2D eigenvalue weighted by Gasteiger charge is -2.32. The smallest absolute Gasteiger partial charge is 0.310 e. The van der Waals surface area contributed by atoms with E-state index in [4.69, 9.17) is 9.15 Å². The van der Waals surface area contributed by atoms with Crippen molar-refractivity contribution >= 4 is 17.8 Å². The second-order valence-corrected chi connectivity index (χ2v) is 6.86. The number of carbonyl (C=O) groups excluding carboxylic acids is 3. The minimum atomic E-state index is -0.246. The number of hydrogen-bond donors (Lipinski definition) is 0. The van der Waals surface area contributed by atoms with Crippen molar-refractivity contribution in [1.29, 1.82) is 0 Å². The van der Waals surface area contributed by atoms with E-state index in [1.807, 2.05) is 6.92 Å². The quantitative estimate of drug-likeness (QED) is 0.650. The molecule has 2 heterocycles. The molecular weight excluding hydrogens is 348 g/mol. The van der Waals surface area contributed by atoms with E-state index >= 15 is 0 Å². The van der Waals surface area contributed by atoms with Gasteiger partial charge in [0, 0.05) is 32.6 Å². The van der Waals surface area contributed by atoms with E-state index in [-0.39, 0.29) is 30.1 Å². The number of piperidine rings is 1. The molecule has 0 aromatic carbocycles. The van der Waals surface area contributed by atoms with E-state index in [2.05, 4.69) is 0 Å². The molecule has 1 atom stereocenters. The van der Waals surface area contributed by atoms with Gasteiger partial charge in [0.2, 0.25) is 5.91 Å². The molecule has 1 aliphatic rings. The summed E-state index contributed by atoms with van der Waals surface area (Å²) in [5.41, 5.74) is 0.538. The lowest BCUT2D eigenvalue weighted by Crippen LogP contribution is -2.44. The lowest BCUT2D eigenvalue weighted by molar-refractivity contribution is -0.151. The average molecular weight is 378 g/mol. The highest BCUT2D eigenvalue weighted by atomic mass is 16.5. The van der Waals surface area contributed by atoms with Crippen molar-refractivity contribution in [3.8, 4) is 0 Å². The second kappa shape index (κ2) is 10.1. The fraction of sp³-hybridized carbons (Fsp3) is 0.650. The molecule has 7 heteroatoms. The Balaban J connectivity index is 1.92. The monoisotopic (exact) mass is 378 g/mol. The zero-order chi connectivity index (χ0) is 19.8. The van der Waals surface area contributed by atoms with Crippen molar-refractivity contribution in [2.24, 2.45) is 5.92 Å². The summed E-state index contributed by atoms with van der Waals surface area (Å²) < 4.78 is 10.3. The molecule has 0 N–H and O–H groups in total. The number of furan rings is 1. The summed E-state index contributed by atoms with van der Waals surface area (Å²) in [7, 11) is 0. The molecule has 27 heavy (non-hydrogen) atoms. The van der Waals surface area contributed by atoms with E-state index < -0.39 is 0 Å². The summed E-state index contributed by atoms with van der Waals surface area (Å²) in [5, 5.41) is 0. The van der Waals surface area contributed by atoms with E-state index in [0.29, 0.717) is 44.1 Å². The first-order valence-corrected chi connectivity index (χ1v) is 9.75. The summed E-state index contributed by atoms with van der Waals surface area (Å²) in [4.78, 5) is 40.7. The molecule has 1 aromatic rings. The van der Waals surface area contributed by atoms with Crippen molar-refractivity contribution < 1.29 is 23.5 Å². The third-order valence-electron chi connectivity index (χ3n) is 4.86. The van der Waals surface area contributed by atoms with Crippen molar-refractivity contribution in [2.45, 2.75) is 46.5 Å².